The summed E-state index contributed by atoms with van der Waals surface area (Å²) in [5, 5.41) is 0. The average Bonchev–Trinajstić information content (AvgIpc) is 2.67. The molecule has 0 bridgehead atoms. The first-order valence-corrected chi connectivity index (χ1v) is 8.05. The molecule has 4 nitrogen and oxygen atoms in total. The summed E-state index contributed by atoms with van der Waals surface area (Å²) in [6.07, 6.45) is 7.05. The normalized spacial score (nSPS) is 10.4. The maximum atomic E-state index is 13.9. The number of pyridine rings is 2. The number of rotatable bonds is 6. The summed E-state index contributed by atoms with van der Waals surface area (Å²) in [5.74, 6) is -0.359. The minimum Gasteiger partial charge on any atom is -0.334 e. The van der Waals surface area contributed by atoms with Gasteiger partial charge in [0.25, 0.3) is 5.91 Å². The van der Waals surface area contributed by atoms with Crippen LogP contribution in [0, 0.1) is 5.82 Å². The largest absolute Gasteiger partial charge is 0.334 e. The van der Waals surface area contributed by atoms with Crippen LogP contribution in [0.15, 0.2) is 73.3 Å². The van der Waals surface area contributed by atoms with E-state index in [2.05, 4.69) is 9.97 Å². The lowest BCUT2D eigenvalue weighted by Crippen LogP contribution is -2.32. The Hall–Kier alpha value is -3.08. The molecule has 3 rings (SSSR count). The third-order valence-electron chi connectivity index (χ3n) is 3.92. The molecule has 0 fully saturated rings. The summed E-state index contributed by atoms with van der Waals surface area (Å²) in [7, 11) is 0. The molecule has 0 saturated carbocycles. The molecule has 5 heteroatoms. The van der Waals surface area contributed by atoms with Crippen molar-refractivity contribution >= 4 is 5.91 Å². The van der Waals surface area contributed by atoms with Gasteiger partial charge < -0.3 is 4.90 Å². The Bertz CT molecular complexity index is 825. The van der Waals surface area contributed by atoms with Crippen LogP contribution in [0.25, 0.3) is 0 Å². The summed E-state index contributed by atoms with van der Waals surface area (Å²) in [6.45, 7) is 0.834. The molecule has 0 radical (unpaired) electrons. The van der Waals surface area contributed by atoms with E-state index >= 15 is 0 Å². The van der Waals surface area contributed by atoms with E-state index in [4.69, 9.17) is 0 Å². The van der Waals surface area contributed by atoms with Gasteiger partial charge in [-0.15, -0.1) is 0 Å². The van der Waals surface area contributed by atoms with Crippen molar-refractivity contribution < 1.29 is 9.18 Å². The van der Waals surface area contributed by atoms with Gasteiger partial charge in [-0.25, -0.2) is 4.39 Å². The molecule has 1 aromatic carbocycles. The first kappa shape index (κ1) is 16.8. The maximum absolute atomic E-state index is 13.9. The highest BCUT2D eigenvalue weighted by Crippen LogP contribution is 2.13. The fourth-order valence-corrected chi connectivity index (χ4v) is 2.60. The Labute approximate surface area is 146 Å². The van der Waals surface area contributed by atoms with E-state index in [1.807, 2.05) is 12.1 Å². The van der Waals surface area contributed by atoms with Gasteiger partial charge in [-0.05, 0) is 41.8 Å². The van der Waals surface area contributed by atoms with E-state index in [-0.39, 0.29) is 11.7 Å². The van der Waals surface area contributed by atoms with Crippen molar-refractivity contribution in [2.75, 3.05) is 6.54 Å². The number of aromatic nitrogens is 2. The van der Waals surface area contributed by atoms with Crippen LogP contribution < -0.4 is 0 Å². The molecule has 0 spiro atoms. The Kier molecular flexibility index (Phi) is 5.46. The van der Waals surface area contributed by atoms with Crippen LogP contribution in [-0.4, -0.2) is 27.3 Å². The van der Waals surface area contributed by atoms with Crippen LogP contribution in [0.3, 0.4) is 0 Å². The molecule has 0 aliphatic carbocycles. The lowest BCUT2D eigenvalue weighted by atomic mass is 10.1. The molecule has 0 atom stereocenters. The van der Waals surface area contributed by atoms with E-state index in [0.717, 1.165) is 5.56 Å². The summed E-state index contributed by atoms with van der Waals surface area (Å²) >= 11 is 0. The van der Waals surface area contributed by atoms with Gasteiger partial charge >= 0.3 is 0 Å². The number of carbonyl (C=O) groups excluding carboxylic acids is 1. The van der Waals surface area contributed by atoms with Crippen molar-refractivity contribution in [3.63, 3.8) is 0 Å². The molecular formula is C20H18FN3O. The predicted octanol–water partition coefficient (Wildman–Crippen LogP) is 3.50. The minimum atomic E-state index is -0.250. The van der Waals surface area contributed by atoms with Gasteiger partial charge in [0.15, 0.2) is 0 Å². The molecule has 0 unspecified atom stereocenters. The predicted molar refractivity (Wildman–Crippen MR) is 93.3 cm³/mol. The summed E-state index contributed by atoms with van der Waals surface area (Å²) in [6, 6.07) is 13.8. The summed E-state index contributed by atoms with van der Waals surface area (Å²) in [5.41, 5.74) is 2.09. The molecule has 0 saturated heterocycles. The van der Waals surface area contributed by atoms with Gasteiger partial charge in [0.1, 0.15) is 5.82 Å². The quantitative estimate of drug-likeness (QED) is 0.693. The number of amides is 1. The van der Waals surface area contributed by atoms with Crippen molar-refractivity contribution in [3.05, 3.63) is 95.8 Å². The lowest BCUT2D eigenvalue weighted by molar-refractivity contribution is 0.0744. The third-order valence-corrected chi connectivity index (χ3v) is 3.92. The average molecular weight is 335 g/mol. The van der Waals surface area contributed by atoms with Gasteiger partial charge in [0.2, 0.25) is 0 Å². The number of hydrogen-bond acceptors (Lipinski definition) is 3. The van der Waals surface area contributed by atoms with Crippen LogP contribution in [0.5, 0.6) is 0 Å². The Morgan fingerprint density at radius 1 is 0.960 bits per heavy atom. The number of benzene rings is 1. The fourth-order valence-electron chi connectivity index (χ4n) is 2.60. The van der Waals surface area contributed by atoms with E-state index in [1.165, 1.54) is 6.07 Å². The zero-order valence-electron chi connectivity index (χ0n) is 13.7. The van der Waals surface area contributed by atoms with E-state index in [9.17, 15) is 9.18 Å². The monoisotopic (exact) mass is 335 g/mol. The second-order valence-electron chi connectivity index (χ2n) is 5.67. The smallest absolute Gasteiger partial charge is 0.254 e. The van der Waals surface area contributed by atoms with E-state index in [1.54, 1.807) is 60.0 Å². The highest BCUT2D eigenvalue weighted by atomic mass is 19.1. The number of halogens is 1. The molecule has 2 aromatic heterocycles. The molecule has 1 amide bonds. The van der Waals surface area contributed by atoms with Crippen molar-refractivity contribution in [2.45, 2.75) is 13.0 Å². The molecular weight excluding hydrogens is 317 g/mol. The molecule has 0 N–H and O–H groups in total. The van der Waals surface area contributed by atoms with Crippen molar-refractivity contribution in [3.8, 4) is 0 Å². The molecule has 25 heavy (non-hydrogen) atoms. The molecule has 126 valence electrons. The standard InChI is InChI=1S/C20H18FN3O/c21-19-6-2-1-5-17(19)9-13-24(15-16-4-3-10-23-14-16)20(25)18-7-11-22-12-8-18/h1-8,10-12,14H,9,13,15H2. The highest BCUT2D eigenvalue weighted by Gasteiger charge is 2.17. The first-order valence-electron chi connectivity index (χ1n) is 8.05. The topological polar surface area (TPSA) is 46.1 Å². The summed E-state index contributed by atoms with van der Waals surface area (Å²) < 4.78 is 13.9. The van der Waals surface area contributed by atoms with Gasteiger partial charge in [0, 0.05) is 43.4 Å². The van der Waals surface area contributed by atoms with E-state index in [0.29, 0.717) is 30.6 Å². The van der Waals surface area contributed by atoms with Crippen LogP contribution in [0.4, 0.5) is 4.39 Å². The van der Waals surface area contributed by atoms with Gasteiger partial charge in [-0.1, -0.05) is 24.3 Å². The van der Waals surface area contributed by atoms with Crippen LogP contribution in [0.2, 0.25) is 0 Å². The zero-order valence-corrected chi connectivity index (χ0v) is 13.7. The molecule has 2 heterocycles. The molecule has 0 aliphatic heterocycles. The van der Waals surface area contributed by atoms with Gasteiger partial charge in [0.05, 0.1) is 0 Å². The van der Waals surface area contributed by atoms with E-state index < -0.39 is 0 Å². The molecule has 0 aliphatic rings. The third kappa shape index (κ3) is 4.47. The van der Waals surface area contributed by atoms with Gasteiger partial charge in [-0.3, -0.25) is 14.8 Å². The van der Waals surface area contributed by atoms with Crippen LogP contribution >= 0.6 is 0 Å². The number of carbonyl (C=O) groups is 1. The van der Waals surface area contributed by atoms with Crippen LogP contribution in [-0.2, 0) is 13.0 Å². The zero-order chi connectivity index (χ0) is 17.5. The number of nitrogens with zero attached hydrogens (tertiary/aromatic N) is 3. The van der Waals surface area contributed by atoms with Crippen molar-refractivity contribution in [2.24, 2.45) is 0 Å². The van der Waals surface area contributed by atoms with Gasteiger partial charge in [-0.2, -0.15) is 0 Å². The first-order chi connectivity index (χ1) is 12.2. The second kappa shape index (κ2) is 8.15. The Balaban J connectivity index is 1.79. The number of hydrogen-bond donors (Lipinski definition) is 0. The van der Waals surface area contributed by atoms with Crippen molar-refractivity contribution in [1.82, 2.24) is 14.9 Å². The lowest BCUT2D eigenvalue weighted by Gasteiger charge is -2.23. The second-order valence-corrected chi connectivity index (χ2v) is 5.67. The fraction of sp³-hybridized carbons (Fsp3) is 0.150. The summed E-state index contributed by atoms with van der Waals surface area (Å²) in [4.78, 5) is 22.6. The van der Waals surface area contributed by atoms with Crippen LogP contribution in [0.1, 0.15) is 21.5 Å². The SMILES string of the molecule is O=C(c1ccncc1)N(CCc1ccccc1F)Cc1cccnc1. The molecule has 3 aromatic rings. The van der Waals surface area contributed by atoms with Crippen molar-refractivity contribution in [1.29, 1.82) is 0 Å². The Morgan fingerprint density at radius 2 is 1.76 bits per heavy atom. The maximum Gasteiger partial charge on any atom is 0.254 e. The minimum absolute atomic E-state index is 0.109. The Morgan fingerprint density at radius 3 is 2.48 bits per heavy atom. The highest BCUT2D eigenvalue weighted by molar-refractivity contribution is 5.94.